The van der Waals surface area contributed by atoms with E-state index in [-0.39, 0.29) is 0 Å². The summed E-state index contributed by atoms with van der Waals surface area (Å²) in [6, 6.07) is 7.85. The van der Waals surface area contributed by atoms with Gasteiger partial charge in [0.15, 0.2) is 0 Å². The monoisotopic (exact) mass is 233 g/mol. The molecule has 0 spiro atoms. The summed E-state index contributed by atoms with van der Waals surface area (Å²) >= 11 is 0. The van der Waals surface area contributed by atoms with Crippen molar-refractivity contribution in [3.8, 4) is 0 Å². The number of rotatable bonds is 3. The lowest BCUT2D eigenvalue weighted by atomic mass is 9.99. The van der Waals surface area contributed by atoms with Crippen LogP contribution in [-0.2, 0) is 0 Å². The third-order valence-electron chi connectivity index (χ3n) is 3.54. The predicted octanol–water partition coefficient (Wildman–Crippen LogP) is 3.15. The molecule has 1 unspecified atom stereocenters. The minimum absolute atomic E-state index is 0.360. The zero-order valence-corrected chi connectivity index (χ0v) is 10.2. The number of benzene rings is 1. The minimum atomic E-state index is -0.859. The van der Waals surface area contributed by atoms with E-state index >= 15 is 0 Å². The molecule has 17 heavy (non-hydrogen) atoms. The van der Waals surface area contributed by atoms with Gasteiger partial charge in [-0.25, -0.2) is 4.79 Å². The van der Waals surface area contributed by atoms with Crippen molar-refractivity contribution >= 4 is 11.7 Å². The van der Waals surface area contributed by atoms with Crippen molar-refractivity contribution in [1.82, 2.24) is 0 Å². The Kier molecular flexibility index (Phi) is 3.67. The molecule has 1 heterocycles. The van der Waals surface area contributed by atoms with Gasteiger partial charge in [-0.15, -0.1) is 0 Å². The summed E-state index contributed by atoms with van der Waals surface area (Å²) in [6.07, 6.45) is 4.94. The van der Waals surface area contributed by atoms with Crippen LogP contribution in [0.1, 0.15) is 43.0 Å². The highest BCUT2D eigenvalue weighted by Gasteiger charge is 2.20. The molecule has 92 valence electrons. The van der Waals surface area contributed by atoms with Crippen LogP contribution in [0, 0.1) is 0 Å². The predicted molar refractivity (Wildman–Crippen MR) is 68.7 cm³/mol. The first kappa shape index (κ1) is 12.0. The Morgan fingerprint density at radius 3 is 2.65 bits per heavy atom. The van der Waals surface area contributed by atoms with Gasteiger partial charge < -0.3 is 10.0 Å². The first-order valence-corrected chi connectivity index (χ1v) is 6.32. The van der Waals surface area contributed by atoms with E-state index in [1.807, 2.05) is 12.1 Å². The molecule has 0 aliphatic carbocycles. The summed E-state index contributed by atoms with van der Waals surface area (Å²) in [6.45, 7) is 3.31. The Morgan fingerprint density at radius 2 is 2.06 bits per heavy atom. The maximum Gasteiger partial charge on any atom is 0.335 e. The van der Waals surface area contributed by atoms with Crippen LogP contribution in [-0.4, -0.2) is 23.7 Å². The van der Waals surface area contributed by atoms with Crippen LogP contribution in [0.4, 0.5) is 5.69 Å². The van der Waals surface area contributed by atoms with Crippen molar-refractivity contribution in [2.45, 2.75) is 38.6 Å². The summed E-state index contributed by atoms with van der Waals surface area (Å²) in [4.78, 5) is 13.2. The fourth-order valence-corrected chi connectivity index (χ4v) is 2.56. The smallest absolute Gasteiger partial charge is 0.335 e. The van der Waals surface area contributed by atoms with Gasteiger partial charge in [0.2, 0.25) is 0 Å². The third kappa shape index (κ3) is 2.60. The van der Waals surface area contributed by atoms with Crippen LogP contribution in [0.2, 0.25) is 0 Å². The van der Waals surface area contributed by atoms with Crippen molar-refractivity contribution in [3.63, 3.8) is 0 Å². The zero-order valence-electron chi connectivity index (χ0n) is 10.2. The topological polar surface area (TPSA) is 40.5 Å². The number of piperidine rings is 1. The van der Waals surface area contributed by atoms with Crippen LogP contribution in [0.3, 0.4) is 0 Å². The van der Waals surface area contributed by atoms with E-state index in [1.54, 1.807) is 12.1 Å². The van der Waals surface area contributed by atoms with Gasteiger partial charge in [0.05, 0.1) is 5.56 Å². The summed E-state index contributed by atoms with van der Waals surface area (Å²) in [5.41, 5.74) is 1.51. The molecule has 1 aliphatic rings. The molecule has 0 bridgehead atoms. The van der Waals surface area contributed by atoms with Gasteiger partial charge in [0.1, 0.15) is 0 Å². The zero-order chi connectivity index (χ0) is 12.3. The molecule has 0 radical (unpaired) electrons. The fourth-order valence-electron chi connectivity index (χ4n) is 2.56. The molecule has 0 saturated carbocycles. The highest BCUT2D eigenvalue weighted by atomic mass is 16.4. The lowest BCUT2D eigenvalue weighted by molar-refractivity contribution is 0.0697. The molecule has 1 saturated heterocycles. The number of carboxylic acids is 1. The van der Waals surface area contributed by atoms with Crippen LogP contribution in [0.15, 0.2) is 24.3 Å². The second-order valence-corrected chi connectivity index (χ2v) is 4.60. The van der Waals surface area contributed by atoms with Crippen LogP contribution >= 0.6 is 0 Å². The van der Waals surface area contributed by atoms with Crippen molar-refractivity contribution in [3.05, 3.63) is 29.8 Å². The normalized spacial score (nSPS) is 20.3. The molecule has 1 atom stereocenters. The van der Waals surface area contributed by atoms with E-state index in [0.29, 0.717) is 11.6 Å². The van der Waals surface area contributed by atoms with Crippen molar-refractivity contribution < 1.29 is 9.90 Å². The molecule has 0 amide bonds. The van der Waals surface area contributed by atoms with Gasteiger partial charge >= 0.3 is 5.97 Å². The summed E-state index contributed by atoms with van der Waals surface area (Å²) in [7, 11) is 0. The first-order valence-electron chi connectivity index (χ1n) is 6.32. The van der Waals surface area contributed by atoms with E-state index < -0.39 is 5.97 Å². The molecule has 3 heteroatoms. The van der Waals surface area contributed by atoms with Crippen LogP contribution in [0.25, 0.3) is 0 Å². The highest BCUT2D eigenvalue weighted by molar-refractivity contribution is 5.88. The number of aromatic carboxylic acids is 1. The average Bonchev–Trinajstić information content (AvgIpc) is 2.39. The molecule has 1 aromatic carbocycles. The number of carboxylic acid groups (broad SMARTS) is 1. The summed E-state index contributed by atoms with van der Waals surface area (Å²) in [5.74, 6) is -0.859. The van der Waals surface area contributed by atoms with Gasteiger partial charge in [-0.2, -0.15) is 0 Å². The largest absolute Gasteiger partial charge is 0.478 e. The Morgan fingerprint density at radius 1 is 1.35 bits per heavy atom. The Balaban J connectivity index is 2.17. The molecule has 1 fully saturated rings. The second-order valence-electron chi connectivity index (χ2n) is 4.60. The number of nitrogens with zero attached hydrogens (tertiary/aromatic N) is 1. The summed E-state index contributed by atoms with van der Waals surface area (Å²) in [5, 5.41) is 8.87. The number of hydrogen-bond donors (Lipinski definition) is 1. The quantitative estimate of drug-likeness (QED) is 0.871. The van der Waals surface area contributed by atoms with Gasteiger partial charge in [-0.3, -0.25) is 0 Å². The molecular weight excluding hydrogens is 214 g/mol. The lowest BCUT2D eigenvalue weighted by Crippen LogP contribution is -2.39. The average molecular weight is 233 g/mol. The number of hydrogen-bond acceptors (Lipinski definition) is 2. The molecule has 3 nitrogen and oxygen atoms in total. The van der Waals surface area contributed by atoms with E-state index in [0.717, 1.165) is 18.7 Å². The van der Waals surface area contributed by atoms with Crippen molar-refractivity contribution in [2.24, 2.45) is 0 Å². The number of carbonyl (C=O) groups is 1. The van der Waals surface area contributed by atoms with E-state index in [2.05, 4.69) is 11.8 Å². The van der Waals surface area contributed by atoms with Crippen molar-refractivity contribution in [1.29, 1.82) is 0 Å². The summed E-state index contributed by atoms with van der Waals surface area (Å²) < 4.78 is 0. The standard InChI is InChI=1S/C14H19NO2/c1-2-12-5-3-4-10-15(12)13-8-6-11(7-9-13)14(16)17/h6-9,12H,2-5,10H2,1H3,(H,16,17). The molecular formula is C14H19NO2. The maximum atomic E-state index is 10.8. The fraction of sp³-hybridized carbons (Fsp3) is 0.500. The van der Waals surface area contributed by atoms with E-state index in [4.69, 9.17) is 5.11 Å². The molecule has 1 aliphatic heterocycles. The Bertz CT molecular complexity index is 386. The van der Waals surface area contributed by atoms with Crippen LogP contribution in [0.5, 0.6) is 0 Å². The minimum Gasteiger partial charge on any atom is -0.478 e. The van der Waals surface area contributed by atoms with E-state index in [9.17, 15) is 4.79 Å². The molecule has 1 aromatic rings. The Hall–Kier alpha value is -1.51. The lowest BCUT2D eigenvalue weighted by Gasteiger charge is -2.37. The van der Waals surface area contributed by atoms with Crippen molar-refractivity contribution in [2.75, 3.05) is 11.4 Å². The van der Waals surface area contributed by atoms with E-state index in [1.165, 1.54) is 19.3 Å². The van der Waals surface area contributed by atoms with Gasteiger partial charge in [-0.05, 0) is 49.9 Å². The van der Waals surface area contributed by atoms with Gasteiger partial charge in [0, 0.05) is 18.3 Å². The van der Waals surface area contributed by atoms with Gasteiger partial charge in [-0.1, -0.05) is 6.92 Å². The van der Waals surface area contributed by atoms with Gasteiger partial charge in [0.25, 0.3) is 0 Å². The third-order valence-corrected chi connectivity index (χ3v) is 3.54. The highest BCUT2D eigenvalue weighted by Crippen LogP contribution is 2.26. The Labute approximate surface area is 102 Å². The maximum absolute atomic E-state index is 10.8. The first-order chi connectivity index (χ1) is 8.22. The number of anilines is 1. The van der Waals surface area contributed by atoms with Crippen LogP contribution < -0.4 is 4.90 Å². The SMILES string of the molecule is CCC1CCCCN1c1ccc(C(=O)O)cc1. The molecule has 1 N–H and O–H groups in total. The molecule has 0 aromatic heterocycles. The second kappa shape index (κ2) is 5.21. The molecule has 2 rings (SSSR count).